The smallest absolute Gasteiger partial charge is 0.429 e. The Hall–Kier alpha value is -2.32. The van der Waals surface area contributed by atoms with E-state index >= 15 is 0 Å². The number of nitrogens with zero attached hydrogens (tertiary/aromatic N) is 2. The van der Waals surface area contributed by atoms with E-state index in [-0.39, 0.29) is 13.2 Å². The summed E-state index contributed by atoms with van der Waals surface area (Å²) in [5.41, 5.74) is 0.852. The van der Waals surface area contributed by atoms with Crippen molar-refractivity contribution in [2.45, 2.75) is 45.1 Å². The molecule has 0 bridgehead atoms. The summed E-state index contributed by atoms with van der Waals surface area (Å²) in [6, 6.07) is 8.40. The Kier molecular flexibility index (Phi) is 5.86. The molecule has 1 aromatic rings. The van der Waals surface area contributed by atoms with Crippen LogP contribution in [0.3, 0.4) is 0 Å². The molecule has 27 heavy (non-hydrogen) atoms. The summed E-state index contributed by atoms with van der Waals surface area (Å²) in [6.45, 7) is 6.47. The van der Waals surface area contributed by atoms with Crippen molar-refractivity contribution in [2.24, 2.45) is 0 Å². The normalized spacial score (nSPS) is 24.1. The molecule has 2 fully saturated rings. The molecule has 3 rings (SSSR count). The number of carbonyl (C=O) groups excluding carboxylic acids is 2. The molecule has 148 valence electrons. The third-order valence-corrected chi connectivity index (χ3v) is 4.88. The SMILES string of the molecule is CCOC(=O)N1[C@H](c2ccccc2)CC2(OCCO2)[C@@H](C)N1C(=O)OCC. The number of hydrogen-bond acceptors (Lipinski definition) is 6. The second-order valence-electron chi connectivity index (χ2n) is 6.40. The molecule has 0 N–H and O–H groups in total. The largest absolute Gasteiger partial charge is 0.448 e. The van der Waals surface area contributed by atoms with Gasteiger partial charge in [0.1, 0.15) is 6.04 Å². The summed E-state index contributed by atoms with van der Waals surface area (Å²) < 4.78 is 22.4. The Morgan fingerprint density at radius 1 is 1.04 bits per heavy atom. The van der Waals surface area contributed by atoms with Gasteiger partial charge >= 0.3 is 12.2 Å². The Morgan fingerprint density at radius 2 is 1.59 bits per heavy atom. The van der Waals surface area contributed by atoms with E-state index in [0.29, 0.717) is 19.6 Å². The number of hydrogen-bond donors (Lipinski definition) is 0. The Balaban J connectivity index is 2.07. The van der Waals surface area contributed by atoms with Crippen molar-refractivity contribution in [3.05, 3.63) is 35.9 Å². The van der Waals surface area contributed by atoms with Crippen molar-refractivity contribution < 1.29 is 28.5 Å². The minimum Gasteiger partial charge on any atom is -0.448 e. The molecule has 8 nitrogen and oxygen atoms in total. The fourth-order valence-electron chi connectivity index (χ4n) is 3.65. The Morgan fingerprint density at radius 3 is 2.15 bits per heavy atom. The zero-order valence-corrected chi connectivity index (χ0v) is 15.9. The topological polar surface area (TPSA) is 77.5 Å². The van der Waals surface area contributed by atoms with Gasteiger partial charge in [0.15, 0.2) is 5.79 Å². The third kappa shape index (κ3) is 3.59. The van der Waals surface area contributed by atoms with Crippen LogP contribution < -0.4 is 0 Å². The average Bonchev–Trinajstić information content (AvgIpc) is 3.14. The first-order valence-electron chi connectivity index (χ1n) is 9.28. The number of hydrazine groups is 1. The monoisotopic (exact) mass is 378 g/mol. The molecule has 0 unspecified atom stereocenters. The Labute approximate surface area is 158 Å². The molecule has 2 aliphatic rings. The van der Waals surface area contributed by atoms with Crippen LogP contribution in [0.5, 0.6) is 0 Å². The zero-order valence-electron chi connectivity index (χ0n) is 15.9. The van der Waals surface area contributed by atoms with Crippen molar-refractivity contribution in [2.75, 3.05) is 26.4 Å². The first-order chi connectivity index (χ1) is 13.0. The number of benzene rings is 1. The highest BCUT2D eigenvalue weighted by molar-refractivity contribution is 5.75. The van der Waals surface area contributed by atoms with E-state index in [0.717, 1.165) is 5.56 Å². The quantitative estimate of drug-likeness (QED) is 0.804. The maximum absolute atomic E-state index is 12.8. The zero-order chi connectivity index (χ0) is 19.4. The lowest BCUT2D eigenvalue weighted by atomic mass is 9.91. The van der Waals surface area contributed by atoms with Gasteiger partial charge in [0.05, 0.1) is 32.5 Å². The third-order valence-electron chi connectivity index (χ3n) is 4.88. The number of amides is 2. The van der Waals surface area contributed by atoms with Crippen LogP contribution in [-0.4, -0.2) is 60.5 Å². The van der Waals surface area contributed by atoms with Crippen LogP contribution in [0.4, 0.5) is 9.59 Å². The van der Waals surface area contributed by atoms with Gasteiger partial charge in [-0.25, -0.2) is 19.6 Å². The van der Waals surface area contributed by atoms with Gasteiger partial charge in [-0.3, -0.25) is 0 Å². The average molecular weight is 378 g/mol. The van der Waals surface area contributed by atoms with E-state index in [4.69, 9.17) is 18.9 Å². The molecule has 0 aliphatic carbocycles. The van der Waals surface area contributed by atoms with Gasteiger partial charge in [-0.2, -0.15) is 0 Å². The molecule has 0 aromatic heterocycles. The lowest BCUT2D eigenvalue weighted by molar-refractivity contribution is -0.263. The van der Waals surface area contributed by atoms with Crippen LogP contribution in [0.2, 0.25) is 0 Å². The summed E-state index contributed by atoms with van der Waals surface area (Å²) in [5.74, 6) is -1.00. The molecule has 2 amide bonds. The van der Waals surface area contributed by atoms with Crippen LogP contribution in [0.15, 0.2) is 30.3 Å². The first-order valence-corrected chi connectivity index (χ1v) is 9.28. The fraction of sp³-hybridized carbons (Fsp3) is 0.579. The van der Waals surface area contributed by atoms with Gasteiger partial charge in [0.2, 0.25) is 0 Å². The molecule has 1 aromatic carbocycles. The predicted octanol–water partition coefficient (Wildman–Crippen LogP) is 3.10. The van der Waals surface area contributed by atoms with Gasteiger partial charge in [-0.05, 0) is 26.3 Å². The fourth-order valence-corrected chi connectivity index (χ4v) is 3.65. The number of rotatable bonds is 3. The second-order valence-corrected chi connectivity index (χ2v) is 6.40. The summed E-state index contributed by atoms with van der Waals surface area (Å²) in [7, 11) is 0. The van der Waals surface area contributed by atoms with Gasteiger partial charge in [0.25, 0.3) is 0 Å². The predicted molar refractivity (Wildman–Crippen MR) is 95.6 cm³/mol. The van der Waals surface area contributed by atoms with Crippen molar-refractivity contribution in [1.82, 2.24) is 10.0 Å². The molecular formula is C19H26N2O6. The minimum absolute atomic E-state index is 0.184. The molecule has 1 spiro atoms. The van der Waals surface area contributed by atoms with Crippen LogP contribution >= 0.6 is 0 Å². The molecule has 2 saturated heterocycles. The van der Waals surface area contributed by atoms with E-state index in [1.165, 1.54) is 10.0 Å². The lowest BCUT2D eigenvalue weighted by Crippen LogP contribution is -2.67. The van der Waals surface area contributed by atoms with Gasteiger partial charge in [-0.1, -0.05) is 30.3 Å². The van der Waals surface area contributed by atoms with Gasteiger partial charge in [-0.15, -0.1) is 0 Å². The Bertz CT molecular complexity index is 661. The summed E-state index contributed by atoms with van der Waals surface area (Å²) >= 11 is 0. The number of carbonyl (C=O) groups is 2. The molecule has 2 heterocycles. The van der Waals surface area contributed by atoms with Gasteiger partial charge in [0, 0.05) is 6.42 Å². The molecule has 2 atom stereocenters. The highest BCUT2D eigenvalue weighted by atomic mass is 16.7. The van der Waals surface area contributed by atoms with Crippen LogP contribution in [0.1, 0.15) is 38.8 Å². The van der Waals surface area contributed by atoms with Crippen molar-refractivity contribution >= 4 is 12.2 Å². The summed E-state index contributed by atoms with van der Waals surface area (Å²) in [6.07, 6.45) is -0.872. The van der Waals surface area contributed by atoms with Crippen LogP contribution in [-0.2, 0) is 18.9 Å². The highest BCUT2D eigenvalue weighted by Crippen LogP contribution is 2.45. The van der Waals surface area contributed by atoms with Crippen molar-refractivity contribution in [3.63, 3.8) is 0 Å². The van der Waals surface area contributed by atoms with Crippen molar-refractivity contribution in [1.29, 1.82) is 0 Å². The van der Waals surface area contributed by atoms with Gasteiger partial charge < -0.3 is 18.9 Å². The number of ether oxygens (including phenoxy) is 4. The van der Waals surface area contributed by atoms with E-state index in [1.54, 1.807) is 20.8 Å². The maximum atomic E-state index is 12.8. The highest BCUT2D eigenvalue weighted by Gasteiger charge is 2.57. The lowest BCUT2D eigenvalue weighted by Gasteiger charge is -2.52. The summed E-state index contributed by atoms with van der Waals surface area (Å²) in [5, 5.41) is 2.60. The molecular weight excluding hydrogens is 352 g/mol. The van der Waals surface area contributed by atoms with Crippen LogP contribution in [0, 0.1) is 0 Å². The first kappa shape index (κ1) is 19.4. The second kappa shape index (κ2) is 8.14. The van der Waals surface area contributed by atoms with E-state index in [1.807, 2.05) is 30.3 Å². The van der Waals surface area contributed by atoms with E-state index < -0.39 is 30.1 Å². The molecule has 8 heteroatoms. The van der Waals surface area contributed by atoms with Crippen LogP contribution in [0.25, 0.3) is 0 Å². The molecule has 2 aliphatic heterocycles. The molecule has 0 radical (unpaired) electrons. The van der Waals surface area contributed by atoms with Crippen molar-refractivity contribution in [3.8, 4) is 0 Å². The maximum Gasteiger partial charge on any atom is 0.429 e. The van der Waals surface area contributed by atoms with E-state index in [2.05, 4.69) is 0 Å². The molecule has 0 saturated carbocycles. The van der Waals surface area contributed by atoms with E-state index in [9.17, 15) is 9.59 Å². The minimum atomic E-state index is -1.00. The standard InChI is InChI=1S/C19H26N2O6/c1-4-24-17(22)20-14(3)19(26-11-12-27-19)13-16(15-9-7-6-8-10-15)21(20)18(23)25-5-2/h6-10,14,16H,4-5,11-13H2,1-3H3/t14-,16+/m1/s1. The summed E-state index contributed by atoms with van der Waals surface area (Å²) in [4.78, 5) is 25.6.